The molecule has 1 amide bonds. The van der Waals surface area contributed by atoms with E-state index in [1.165, 1.54) is 0 Å². The Bertz CT molecular complexity index is 672. The number of ether oxygens (including phenoxy) is 1. The summed E-state index contributed by atoms with van der Waals surface area (Å²) in [7, 11) is 0. The highest BCUT2D eigenvalue weighted by atomic mass is 16.5. The summed E-state index contributed by atoms with van der Waals surface area (Å²) in [6.07, 6.45) is 2.33. The molecular weight excluding hydrogens is 290 g/mol. The van der Waals surface area contributed by atoms with Gasteiger partial charge in [0.15, 0.2) is 0 Å². The average molecular weight is 315 g/mol. The molecule has 2 aromatic rings. The largest absolute Gasteiger partial charge is 0.379 e. The summed E-state index contributed by atoms with van der Waals surface area (Å²) < 4.78 is 5.40. The van der Waals surface area contributed by atoms with Crippen molar-refractivity contribution < 1.29 is 9.53 Å². The molecule has 23 heavy (non-hydrogen) atoms. The van der Waals surface area contributed by atoms with Crippen molar-refractivity contribution in [2.45, 2.75) is 25.8 Å². The van der Waals surface area contributed by atoms with Crippen LogP contribution in [0.1, 0.15) is 19.4 Å². The summed E-state index contributed by atoms with van der Waals surface area (Å²) in [6.45, 7) is 8.37. The SMILES string of the molecule is CC(C)(CNC(=O)Cc1c[nH]c2ccccc12)N1CCOCC1. The number of amides is 1. The van der Waals surface area contributed by atoms with E-state index in [1.807, 2.05) is 30.5 Å². The predicted molar refractivity (Wildman–Crippen MR) is 91.5 cm³/mol. The predicted octanol–water partition coefficient (Wildman–Crippen LogP) is 1.94. The summed E-state index contributed by atoms with van der Waals surface area (Å²) in [5, 5.41) is 4.21. The highest BCUT2D eigenvalue weighted by molar-refractivity contribution is 5.88. The van der Waals surface area contributed by atoms with Gasteiger partial charge in [-0.1, -0.05) is 18.2 Å². The van der Waals surface area contributed by atoms with E-state index in [0.717, 1.165) is 42.8 Å². The van der Waals surface area contributed by atoms with E-state index >= 15 is 0 Å². The van der Waals surface area contributed by atoms with Gasteiger partial charge in [-0.25, -0.2) is 0 Å². The first-order valence-electron chi connectivity index (χ1n) is 8.21. The number of carbonyl (C=O) groups excluding carboxylic acids is 1. The van der Waals surface area contributed by atoms with E-state index in [9.17, 15) is 4.79 Å². The highest BCUT2D eigenvalue weighted by Crippen LogP contribution is 2.18. The van der Waals surface area contributed by atoms with E-state index in [-0.39, 0.29) is 11.4 Å². The van der Waals surface area contributed by atoms with Crippen molar-refractivity contribution in [2.75, 3.05) is 32.8 Å². The van der Waals surface area contributed by atoms with Crippen molar-refractivity contribution in [1.82, 2.24) is 15.2 Å². The Morgan fingerprint density at radius 2 is 2.04 bits per heavy atom. The van der Waals surface area contributed by atoms with Crippen LogP contribution in [0.25, 0.3) is 10.9 Å². The second-order valence-corrected chi connectivity index (χ2v) is 6.72. The average Bonchev–Trinajstić information content (AvgIpc) is 2.97. The van der Waals surface area contributed by atoms with Crippen molar-refractivity contribution >= 4 is 16.8 Å². The van der Waals surface area contributed by atoms with Crippen LogP contribution < -0.4 is 5.32 Å². The number of nitrogens with one attached hydrogen (secondary N) is 2. The maximum Gasteiger partial charge on any atom is 0.224 e. The van der Waals surface area contributed by atoms with Crippen LogP contribution >= 0.6 is 0 Å². The Morgan fingerprint density at radius 3 is 2.83 bits per heavy atom. The van der Waals surface area contributed by atoms with Gasteiger partial charge in [-0.15, -0.1) is 0 Å². The Hall–Kier alpha value is -1.85. The fourth-order valence-electron chi connectivity index (χ4n) is 3.11. The fourth-order valence-corrected chi connectivity index (χ4v) is 3.11. The lowest BCUT2D eigenvalue weighted by molar-refractivity contribution is -0.121. The van der Waals surface area contributed by atoms with Crippen molar-refractivity contribution in [3.63, 3.8) is 0 Å². The third-order valence-electron chi connectivity index (χ3n) is 4.61. The van der Waals surface area contributed by atoms with Gasteiger partial charge in [0.05, 0.1) is 19.6 Å². The van der Waals surface area contributed by atoms with E-state index in [1.54, 1.807) is 0 Å². The third-order valence-corrected chi connectivity index (χ3v) is 4.61. The number of aromatic amines is 1. The van der Waals surface area contributed by atoms with E-state index in [2.05, 4.69) is 29.0 Å². The second-order valence-electron chi connectivity index (χ2n) is 6.72. The Balaban J connectivity index is 1.57. The molecule has 2 heterocycles. The van der Waals surface area contributed by atoms with Gasteiger partial charge >= 0.3 is 0 Å². The Kier molecular flexibility index (Phi) is 4.68. The molecule has 1 saturated heterocycles. The lowest BCUT2D eigenvalue weighted by atomic mass is 10.0. The zero-order valence-electron chi connectivity index (χ0n) is 13.9. The molecule has 1 aliphatic heterocycles. The topological polar surface area (TPSA) is 57.4 Å². The molecule has 0 spiro atoms. The zero-order valence-corrected chi connectivity index (χ0v) is 13.9. The van der Waals surface area contributed by atoms with E-state index < -0.39 is 0 Å². The summed E-state index contributed by atoms with van der Waals surface area (Å²) in [4.78, 5) is 17.9. The normalized spacial score (nSPS) is 16.6. The summed E-state index contributed by atoms with van der Waals surface area (Å²) in [5.41, 5.74) is 2.06. The Morgan fingerprint density at radius 1 is 1.30 bits per heavy atom. The van der Waals surface area contributed by atoms with Crippen molar-refractivity contribution in [3.05, 3.63) is 36.0 Å². The molecule has 0 bridgehead atoms. The number of fused-ring (bicyclic) bond motifs is 1. The summed E-state index contributed by atoms with van der Waals surface area (Å²) in [5.74, 6) is 0.0658. The number of aromatic nitrogens is 1. The molecule has 3 rings (SSSR count). The first-order valence-corrected chi connectivity index (χ1v) is 8.21. The van der Waals surface area contributed by atoms with Crippen LogP contribution in [0.15, 0.2) is 30.5 Å². The molecule has 1 aromatic heterocycles. The first-order chi connectivity index (χ1) is 11.1. The van der Waals surface area contributed by atoms with Crippen molar-refractivity contribution in [2.24, 2.45) is 0 Å². The number of carbonyl (C=O) groups is 1. The number of benzene rings is 1. The Labute approximate surface area is 137 Å². The standard InChI is InChI=1S/C18H25N3O2/c1-18(2,21-7-9-23-10-8-21)13-20-17(22)11-14-12-19-16-6-4-3-5-15(14)16/h3-6,12,19H,7-11,13H2,1-2H3,(H,20,22). The number of H-pyrrole nitrogens is 1. The molecule has 0 unspecified atom stereocenters. The molecule has 124 valence electrons. The number of rotatable bonds is 5. The quantitative estimate of drug-likeness (QED) is 0.886. The van der Waals surface area contributed by atoms with Crippen LogP contribution in [0.4, 0.5) is 0 Å². The van der Waals surface area contributed by atoms with Gasteiger partial charge in [-0.2, -0.15) is 0 Å². The lowest BCUT2D eigenvalue weighted by Gasteiger charge is -2.40. The van der Waals surface area contributed by atoms with Gasteiger partial charge in [0.25, 0.3) is 0 Å². The second kappa shape index (κ2) is 6.72. The summed E-state index contributed by atoms with van der Waals surface area (Å²) in [6, 6.07) is 8.07. The molecule has 1 aromatic carbocycles. The molecule has 5 nitrogen and oxygen atoms in total. The zero-order chi connectivity index (χ0) is 16.3. The molecule has 0 atom stereocenters. The van der Waals surface area contributed by atoms with Gasteiger partial charge in [-0.05, 0) is 25.5 Å². The van der Waals surface area contributed by atoms with Crippen LogP contribution in [-0.4, -0.2) is 54.2 Å². The molecule has 1 aliphatic rings. The molecule has 0 aliphatic carbocycles. The number of hydrogen-bond donors (Lipinski definition) is 2. The highest BCUT2D eigenvalue weighted by Gasteiger charge is 2.28. The van der Waals surface area contributed by atoms with Gasteiger partial charge in [-0.3, -0.25) is 9.69 Å². The molecule has 2 N–H and O–H groups in total. The van der Waals surface area contributed by atoms with E-state index in [4.69, 9.17) is 4.74 Å². The maximum absolute atomic E-state index is 12.3. The van der Waals surface area contributed by atoms with Gasteiger partial charge in [0, 0.05) is 42.3 Å². The van der Waals surface area contributed by atoms with Crippen LogP contribution in [0, 0.1) is 0 Å². The number of nitrogens with zero attached hydrogens (tertiary/aromatic N) is 1. The fraction of sp³-hybridized carbons (Fsp3) is 0.500. The van der Waals surface area contributed by atoms with Crippen LogP contribution in [-0.2, 0) is 16.0 Å². The van der Waals surface area contributed by atoms with Gasteiger partial charge < -0.3 is 15.0 Å². The number of morpholine rings is 1. The van der Waals surface area contributed by atoms with Crippen molar-refractivity contribution in [1.29, 1.82) is 0 Å². The van der Waals surface area contributed by atoms with Crippen molar-refractivity contribution in [3.8, 4) is 0 Å². The minimum atomic E-state index is -0.0559. The van der Waals surface area contributed by atoms with Gasteiger partial charge in [0.2, 0.25) is 5.91 Å². The minimum absolute atomic E-state index is 0.0559. The maximum atomic E-state index is 12.3. The monoisotopic (exact) mass is 315 g/mol. The third kappa shape index (κ3) is 3.74. The van der Waals surface area contributed by atoms with Gasteiger partial charge in [0.1, 0.15) is 0 Å². The molecule has 0 saturated carbocycles. The number of para-hydroxylation sites is 1. The molecule has 5 heteroatoms. The molecule has 1 fully saturated rings. The number of hydrogen-bond acceptors (Lipinski definition) is 3. The first kappa shape index (κ1) is 16.0. The summed E-state index contributed by atoms with van der Waals surface area (Å²) >= 11 is 0. The van der Waals surface area contributed by atoms with E-state index in [0.29, 0.717) is 13.0 Å². The van der Waals surface area contributed by atoms with Crippen LogP contribution in [0.3, 0.4) is 0 Å². The minimum Gasteiger partial charge on any atom is -0.379 e. The smallest absolute Gasteiger partial charge is 0.224 e. The molecular formula is C18H25N3O2. The van der Waals surface area contributed by atoms with Crippen LogP contribution in [0.2, 0.25) is 0 Å². The lowest BCUT2D eigenvalue weighted by Crippen LogP contribution is -2.55. The molecule has 0 radical (unpaired) electrons. The van der Waals surface area contributed by atoms with Crippen LogP contribution in [0.5, 0.6) is 0 Å².